The minimum Gasteiger partial charge on any atom is -0.480 e. The molecule has 0 radical (unpaired) electrons. The van der Waals surface area contributed by atoms with E-state index < -0.39 is 42.3 Å². The van der Waals surface area contributed by atoms with Gasteiger partial charge in [-0.15, -0.1) is 0 Å². The van der Waals surface area contributed by atoms with Crippen LogP contribution in [0.15, 0.2) is 18.2 Å². The maximum atomic E-state index is 12.3. The van der Waals surface area contributed by atoms with Crippen LogP contribution in [0.4, 0.5) is 14.4 Å². The van der Waals surface area contributed by atoms with E-state index in [0.717, 1.165) is 12.8 Å². The molecule has 0 saturated heterocycles. The Morgan fingerprint density at radius 1 is 0.800 bits per heavy atom. The van der Waals surface area contributed by atoms with Gasteiger partial charge in [0.25, 0.3) is 0 Å². The molecule has 0 bridgehead atoms. The molecule has 0 aromatic heterocycles. The molecule has 1 aromatic rings. The summed E-state index contributed by atoms with van der Waals surface area (Å²) >= 11 is 0. The van der Waals surface area contributed by atoms with Crippen LogP contribution in [0.2, 0.25) is 0 Å². The summed E-state index contributed by atoms with van der Waals surface area (Å²) in [5, 5.41) is 9.67. The molecule has 0 saturated carbocycles. The van der Waals surface area contributed by atoms with E-state index >= 15 is 0 Å². The molecule has 0 spiro atoms. The van der Waals surface area contributed by atoms with Crippen molar-refractivity contribution in [3.8, 4) is 11.5 Å². The first-order valence-electron chi connectivity index (χ1n) is 13.6. The molecule has 0 aliphatic rings. The fraction of sp³-hybridized carbons (Fsp3) is 0.643. The van der Waals surface area contributed by atoms with Crippen LogP contribution in [-0.4, -0.2) is 62.0 Å². The fourth-order valence-electron chi connectivity index (χ4n) is 3.50. The minimum atomic E-state index is -1.41. The zero-order chi connectivity index (χ0) is 30.1. The van der Waals surface area contributed by atoms with Gasteiger partial charge in [0, 0.05) is 5.92 Å². The first-order chi connectivity index (χ1) is 19.0. The summed E-state index contributed by atoms with van der Waals surface area (Å²) in [6.07, 6.45) is 0.622. The highest BCUT2D eigenvalue weighted by Crippen LogP contribution is 2.36. The lowest BCUT2D eigenvalue weighted by Gasteiger charge is -2.27. The molecule has 0 aliphatic carbocycles. The summed E-state index contributed by atoms with van der Waals surface area (Å²) in [6.45, 7) is 9.77. The van der Waals surface area contributed by atoms with Crippen molar-refractivity contribution in [3.05, 3.63) is 23.8 Å². The van der Waals surface area contributed by atoms with Gasteiger partial charge < -0.3 is 39.3 Å². The highest BCUT2D eigenvalue weighted by atomic mass is 16.7. The molecule has 12 nitrogen and oxygen atoms in total. The first kappa shape index (κ1) is 34.5. The van der Waals surface area contributed by atoms with Crippen molar-refractivity contribution < 1.29 is 52.7 Å². The Hall–Kier alpha value is -3.54. The Bertz CT molecular complexity index is 950. The Morgan fingerprint density at radius 2 is 1.35 bits per heavy atom. The predicted octanol–water partition coefficient (Wildman–Crippen LogP) is 5.65. The molecule has 1 aromatic carbocycles. The molecule has 0 amide bonds. The predicted molar refractivity (Wildman–Crippen MR) is 144 cm³/mol. The van der Waals surface area contributed by atoms with Crippen molar-refractivity contribution in [2.24, 2.45) is 17.6 Å². The van der Waals surface area contributed by atoms with Crippen LogP contribution in [0.3, 0.4) is 0 Å². The number of carboxylic acids is 1. The van der Waals surface area contributed by atoms with E-state index in [1.165, 1.54) is 18.2 Å². The third-order valence-electron chi connectivity index (χ3n) is 5.84. The second kappa shape index (κ2) is 18.7. The number of hydrogen-bond donors (Lipinski definition) is 2. The Morgan fingerprint density at radius 3 is 1.88 bits per heavy atom. The van der Waals surface area contributed by atoms with Gasteiger partial charge in [-0.3, -0.25) is 4.79 Å². The van der Waals surface area contributed by atoms with Crippen molar-refractivity contribution >= 4 is 24.4 Å². The third kappa shape index (κ3) is 13.0. The summed E-state index contributed by atoms with van der Waals surface area (Å²) in [6, 6.07) is 2.74. The van der Waals surface area contributed by atoms with Gasteiger partial charge in [0.05, 0.1) is 26.4 Å². The number of rotatable bonds is 17. The van der Waals surface area contributed by atoms with Crippen molar-refractivity contribution in [3.63, 3.8) is 0 Å². The number of hydrogen-bond acceptors (Lipinski definition) is 11. The lowest BCUT2D eigenvalue weighted by atomic mass is 9.82. The average Bonchev–Trinajstić information content (AvgIpc) is 2.89. The smallest absolute Gasteiger partial charge is 0.480 e. The van der Waals surface area contributed by atoms with Crippen molar-refractivity contribution in [2.45, 2.75) is 78.7 Å². The van der Waals surface area contributed by atoms with Crippen molar-refractivity contribution in [1.82, 2.24) is 0 Å². The van der Waals surface area contributed by atoms with E-state index in [4.69, 9.17) is 34.2 Å². The van der Waals surface area contributed by atoms with Crippen LogP contribution in [0.25, 0.3) is 0 Å². The zero-order valence-corrected chi connectivity index (χ0v) is 24.0. The normalized spacial score (nSPS) is 13.1. The Labute approximate surface area is 235 Å². The highest BCUT2D eigenvalue weighted by Gasteiger charge is 2.33. The third-order valence-corrected chi connectivity index (χ3v) is 5.84. The second-order valence-electron chi connectivity index (χ2n) is 9.77. The summed E-state index contributed by atoms with van der Waals surface area (Å²) in [5.41, 5.74) is 6.36. The lowest BCUT2D eigenvalue weighted by molar-refractivity contribution is -0.139. The average molecular weight is 570 g/mol. The molecule has 226 valence electrons. The van der Waals surface area contributed by atoms with Gasteiger partial charge in [-0.05, 0) is 48.8 Å². The number of ether oxygens (including phenoxy) is 6. The quantitative estimate of drug-likeness (QED) is 0.102. The Kier molecular flexibility index (Phi) is 16.1. The van der Waals surface area contributed by atoms with Gasteiger partial charge in [0.15, 0.2) is 11.5 Å². The lowest BCUT2D eigenvalue weighted by Crippen LogP contribution is -2.40. The summed E-state index contributed by atoms with van der Waals surface area (Å²) in [4.78, 5) is 48.3. The number of carbonyl (C=O) groups excluding carboxylic acids is 3. The van der Waals surface area contributed by atoms with Gasteiger partial charge in [0.2, 0.25) is 0 Å². The number of carbonyl (C=O) groups is 4. The molecule has 3 N–H and O–H groups in total. The van der Waals surface area contributed by atoms with E-state index in [1.807, 2.05) is 27.7 Å². The van der Waals surface area contributed by atoms with Crippen LogP contribution in [0.5, 0.6) is 11.5 Å². The summed E-state index contributed by atoms with van der Waals surface area (Å²) in [7, 11) is 0. The number of carboxylic acid groups (broad SMARTS) is 1. The number of nitrogens with two attached hydrogens (primary N) is 1. The summed E-state index contributed by atoms with van der Waals surface area (Å²) < 4.78 is 30.8. The van der Waals surface area contributed by atoms with Crippen molar-refractivity contribution in [1.29, 1.82) is 0 Å². The molecule has 2 unspecified atom stereocenters. The van der Waals surface area contributed by atoms with E-state index in [9.17, 15) is 24.3 Å². The van der Waals surface area contributed by atoms with Gasteiger partial charge in [-0.1, -0.05) is 53.5 Å². The summed E-state index contributed by atoms with van der Waals surface area (Å²) in [5.74, 6) is -2.79. The van der Waals surface area contributed by atoms with E-state index in [-0.39, 0.29) is 37.9 Å². The molecule has 0 heterocycles. The van der Waals surface area contributed by atoms with Crippen LogP contribution >= 0.6 is 0 Å². The van der Waals surface area contributed by atoms with Gasteiger partial charge >= 0.3 is 24.4 Å². The Balaban J connectivity index is 3.20. The van der Waals surface area contributed by atoms with E-state index in [2.05, 4.69) is 0 Å². The van der Waals surface area contributed by atoms with Gasteiger partial charge in [-0.25, -0.2) is 14.4 Å². The number of aliphatic carboxylic acids is 1. The molecule has 1 rings (SSSR count). The number of benzene rings is 1. The molecular formula is C28H43NO11. The SMILES string of the molecule is CCCCOC(=O)Oc1ccc(C(C(C)COC(=O)OCCC(C)C)[C@H](N)C(=O)O)cc1OC(=O)OCCCC. The van der Waals surface area contributed by atoms with E-state index in [0.29, 0.717) is 30.7 Å². The first-order valence-corrected chi connectivity index (χ1v) is 13.6. The number of unbranched alkanes of at least 4 members (excludes halogenated alkanes) is 2. The topological polar surface area (TPSA) is 170 Å². The maximum absolute atomic E-state index is 12.3. The molecular weight excluding hydrogens is 526 g/mol. The second-order valence-corrected chi connectivity index (χ2v) is 9.77. The fourth-order valence-corrected chi connectivity index (χ4v) is 3.50. The largest absolute Gasteiger partial charge is 0.513 e. The van der Waals surface area contributed by atoms with Crippen LogP contribution < -0.4 is 15.2 Å². The monoisotopic (exact) mass is 569 g/mol. The van der Waals surface area contributed by atoms with Gasteiger partial charge in [0.1, 0.15) is 6.04 Å². The molecule has 0 aliphatic heterocycles. The van der Waals surface area contributed by atoms with Crippen molar-refractivity contribution in [2.75, 3.05) is 26.4 Å². The molecule has 3 atom stereocenters. The minimum absolute atomic E-state index is 0.123. The molecule has 0 fully saturated rings. The van der Waals surface area contributed by atoms with Crippen LogP contribution in [0, 0.1) is 11.8 Å². The van der Waals surface area contributed by atoms with Gasteiger partial charge in [-0.2, -0.15) is 0 Å². The maximum Gasteiger partial charge on any atom is 0.513 e. The van der Waals surface area contributed by atoms with E-state index in [1.54, 1.807) is 6.92 Å². The standard InChI is InChI=1S/C28H43NO11/c1-6-8-13-35-27(33)39-21-11-10-20(16-22(21)40-28(34)36-14-9-7-2)23(24(29)25(30)31)19(5)17-38-26(32)37-15-12-18(3)4/h10-11,16,18-19,23-24H,6-9,12-15,17,29H2,1-5H3,(H,30,31)/t19?,23?,24-/m0/s1. The van der Waals surface area contributed by atoms with Crippen LogP contribution in [-0.2, 0) is 23.7 Å². The molecule has 40 heavy (non-hydrogen) atoms. The van der Waals surface area contributed by atoms with Crippen LogP contribution in [0.1, 0.15) is 78.2 Å². The zero-order valence-electron chi connectivity index (χ0n) is 24.0. The highest BCUT2D eigenvalue weighted by molar-refractivity contribution is 5.75. The molecule has 12 heteroatoms.